The largest absolute Gasteiger partial charge is 0.494 e. The van der Waals surface area contributed by atoms with Gasteiger partial charge in [-0.2, -0.15) is 5.10 Å². The van der Waals surface area contributed by atoms with Crippen LogP contribution >= 0.6 is 22.6 Å². The molecule has 0 saturated heterocycles. The second-order valence-electron chi connectivity index (χ2n) is 4.19. The number of hydrogen-bond donors (Lipinski definition) is 0. The average Bonchev–Trinajstić information content (AvgIpc) is 2.47. The number of hydrogen-bond acceptors (Lipinski definition) is 5. The van der Waals surface area contributed by atoms with Crippen molar-refractivity contribution in [3.8, 4) is 17.2 Å². The number of carbonyl (C=O) groups excluding carboxylic acids is 1. The molecule has 110 valence electrons. The molecule has 2 aromatic rings. The lowest BCUT2D eigenvalue weighted by atomic mass is 10.2. The number of nitrogens with zero attached hydrogens (tertiary/aromatic N) is 2. The van der Waals surface area contributed by atoms with Gasteiger partial charge in [-0.05, 0) is 40.8 Å². The number of halogens is 1. The predicted molar refractivity (Wildman–Crippen MR) is 85.7 cm³/mol. The summed E-state index contributed by atoms with van der Waals surface area (Å²) in [5.41, 5.74) is -0.0839. The average molecular weight is 400 g/mol. The molecule has 7 heteroatoms. The van der Waals surface area contributed by atoms with E-state index in [4.69, 9.17) is 9.47 Å². The Hall–Kier alpha value is -1.90. The molecule has 1 aromatic carbocycles. The molecule has 0 aliphatic heterocycles. The van der Waals surface area contributed by atoms with Crippen LogP contribution in [0.3, 0.4) is 0 Å². The summed E-state index contributed by atoms with van der Waals surface area (Å²) in [6.45, 7) is 1.29. The molecule has 0 unspecified atom stereocenters. The third-order valence-electron chi connectivity index (χ3n) is 2.83. The molecule has 1 aromatic heterocycles. The minimum absolute atomic E-state index is 0.0517. The van der Waals surface area contributed by atoms with Gasteiger partial charge in [0.05, 0.1) is 20.4 Å². The van der Waals surface area contributed by atoms with Gasteiger partial charge in [-0.3, -0.25) is 9.59 Å². The molecule has 0 radical (unpaired) electrons. The Labute approximate surface area is 134 Å². The van der Waals surface area contributed by atoms with E-state index >= 15 is 0 Å². The summed E-state index contributed by atoms with van der Waals surface area (Å²) in [6.07, 6.45) is 1.43. The zero-order valence-corrected chi connectivity index (χ0v) is 13.9. The molecule has 0 atom stereocenters. The van der Waals surface area contributed by atoms with Crippen LogP contribution in [0.15, 0.2) is 29.2 Å². The first-order valence-corrected chi connectivity index (χ1v) is 7.08. The fraction of sp³-hybridized carbons (Fsp3) is 0.214. The van der Waals surface area contributed by atoms with Gasteiger partial charge in [0.25, 0.3) is 5.43 Å². The van der Waals surface area contributed by atoms with Gasteiger partial charge in [-0.15, -0.1) is 0 Å². The van der Waals surface area contributed by atoms with Gasteiger partial charge in [-0.1, -0.05) is 0 Å². The number of benzene rings is 1. The van der Waals surface area contributed by atoms with Gasteiger partial charge < -0.3 is 9.47 Å². The molecule has 0 bridgehead atoms. The molecule has 0 N–H and O–H groups in total. The Morgan fingerprint density at radius 2 is 1.90 bits per heavy atom. The summed E-state index contributed by atoms with van der Waals surface area (Å²) in [4.78, 5) is 23.5. The van der Waals surface area contributed by atoms with Crippen molar-refractivity contribution in [2.75, 3.05) is 14.2 Å². The third kappa shape index (κ3) is 3.07. The molecule has 1 heterocycles. The highest BCUT2D eigenvalue weighted by atomic mass is 127. The Morgan fingerprint density at radius 3 is 2.48 bits per heavy atom. The van der Waals surface area contributed by atoms with Crippen molar-refractivity contribution in [3.63, 3.8) is 0 Å². The number of Topliss-reactive ketones (excluding diaryl/α,β-unsaturated/α-hetero) is 1. The topological polar surface area (TPSA) is 70.4 Å². The van der Waals surface area contributed by atoms with Crippen LogP contribution in [0.25, 0.3) is 5.69 Å². The maximum atomic E-state index is 12.0. The van der Waals surface area contributed by atoms with E-state index in [2.05, 4.69) is 27.7 Å². The summed E-state index contributed by atoms with van der Waals surface area (Å²) in [5.74, 6) is 0.211. The summed E-state index contributed by atoms with van der Waals surface area (Å²) in [7, 11) is 2.91. The van der Waals surface area contributed by atoms with Gasteiger partial charge in [0.15, 0.2) is 17.2 Å². The van der Waals surface area contributed by atoms with Crippen molar-refractivity contribution < 1.29 is 14.3 Å². The van der Waals surface area contributed by atoms with E-state index in [0.717, 1.165) is 3.57 Å². The van der Waals surface area contributed by atoms with Gasteiger partial charge in [0.2, 0.25) is 0 Å². The van der Waals surface area contributed by atoms with Crippen molar-refractivity contribution in [2.24, 2.45) is 0 Å². The number of ether oxygens (including phenoxy) is 2. The van der Waals surface area contributed by atoms with E-state index in [1.165, 1.54) is 24.9 Å². The summed E-state index contributed by atoms with van der Waals surface area (Å²) in [6, 6.07) is 5.50. The highest BCUT2D eigenvalue weighted by Gasteiger charge is 2.16. The van der Waals surface area contributed by atoms with Crippen molar-refractivity contribution in [1.29, 1.82) is 0 Å². The normalized spacial score (nSPS) is 10.3. The molecule has 0 amide bonds. The molecule has 21 heavy (non-hydrogen) atoms. The highest BCUT2D eigenvalue weighted by molar-refractivity contribution is 14.1. The lowest BCUT2D eigenvalue weighted by Crippen LogP contribution is -2.21. The van der Waals surface area contributed by atoms with Crippen molar-refractivity contribution in [3.05, 3.63) is 43.9 Å². The van der Waals surface area contributed by atoms with E-state index in [1.807, 2.05) is 12.1 Å². The zero-order chi connectivity index (χ0) is 15.6. The number of methoxy groups -OCH3 is 2. The predicted octanol–water partition coefficient (Wildman–Crippen LogP) is 2.06. The molecular weight excluding hydrogens is 387 g/mol. The van der Waals surface area contributed by atoms with Crippen LogP contribution in [0.1, 0.15) is 17.4 Å². The minimum atomic E-state index is -0.522. The van der Waals surface area contributed by atoms with Crippen LogP contribution < -0.4 is 14.9 Å². The van der Waals surface area contributed by atoms with E-state index in [9.17, 15) is 9.59 Å². The number of ketones is 1. The minimum Gasteiger partial charge on any atom is -0.494 e. The van der Waals surface area contributed by atoms with Crippen LogP contribution in [0.2, 0.25) is 0 Å². The van der Waals surface area contributed by atoms with Gasteiger partial charge in [0, 0.05) is 10.5 Å². The summed E-state index contributed by atoms with van der Waals surface area (Å²) < 4.78 is 12.7. The Bertz CT molecular complexity index is 755. The first kappa shape index (κ1) is 15.5. The Morgan fingerprint density at radius 1 is 1.24 bits per heavy atom. The molecule has 0 aliphatic rings. The highest BCUT2D eigenvalue weighted by Crippen LogP contribution is 2.25. The van der Waals surface area contributed by atoms with Crippen molar-refractivity contribution in [1.82, 2.24) is 9.78 Å². The second-order valence-corrected chi connectivity index (χ2v) is 5.44. The molecule has 0 aliphatic carbocycles. The van der Waals surface area contributed by atoms with Gasteiger partial charge in [-0.25, -0.2) is 4.68 Å². The first-order valence-electron chi connectivity index (χ1n) is 6.00. The molecule has 2 rings (SSSR count). The SMILES string of the molecule is COc1cc(I)ccc1-n1cc(OC)c(=O)c(C(C)=O)n1. The quantitative estimate of drug-likeness (QED) is 0.581. The fourth-order valence-corrected chi connectivity index (χ4v) is 2.27. The summed E-state index contributed by atoms with van der Waals surface area (Å²) in [5, 5.41) is 4.08. The lowest BCUT2D eigenvalue weighted by molar-refractivity contribution is 0.100. The van der Waals surface area contributed by atoms with Crippen LogP contribution in [-0.4, -0.2) is 29.8 Å². The lowest BCUT2D eigenvalue weighted by Gasteiger charge is -2.12. The monoisotopic (exact) mass is 400 g/mol. The van der Waals surface area contributed by atoms with Crippen LogP contribution in [-0.2, 0) is 0 Å². The molecule has 6 nitrogen and oxygen atoms in total. The second kappa shape index (κ2) is 6.25. The standard InChI is InChI=1S/C14H13IN2O4/c1-8(18)13-14(19)12(21-3)7-17(16-13)10-5-4-9(15)6-11(10)20-2/h4-7H,1-3H3. The van der Waals surface area contributed by atoms with Crippen molar-refractivity contribution >= 4 is 28.4 Å². The smallest absolute Gasteiger partial charge is 0.252 e. The maximum Gasteiger partial charge on any atom is 0.252 e. The van der Waals surface area contributed by atoms with Crippen LogP contribution in [0.4, 0.5) is 0 Å². The molecular formula is C14H13IN2O4. The van der Waals surface area contributed by atoms with E-state index in [1.54, 1.807) is 13.2 Å². The Kier molecular flexibility index (Phi) is 4.61. The van der Waals surface area contributed by atoms with Crippen LogP contribution in [0, 0.1) is 3.57 Å². The number of aromatic nitrogens is 2. The molecule has 0 spiro atoms. The maximum absolute atomic E-state index is 12.0. The van der Waals surface area contributed by atoms with Crippen molar-refractivity contribution in [2.45, 2.75) is 6.92 Å². The van der Waals surface area contributed by atoms with Gasteiger partial charge in [0.1, 0.15) is 11.4 Å². The third-order valence-corrected chi connectivity index (χ3v) is 3.50. The van der Waals surface area contributed by atoms with E-state index in [0.29, 0.717) is 11.4 Å². The van der Waals surface area contributed by atoms with Crippen LogP contribution in [0.5, 0.6) is 11.5 Å². The molecule has 0 fully saturated rings. The summed E-state index contributed by atoms with van der Waals surface area (Å²) >= 11 is 2.16. The Balaban J connectivity index is 2.72. The zero-order valence-electron chi connectivity index (χ0n) is 11.7. The molecule has 0 saturated carbocycles. The fourth-order valence-electron chi connectivity index (χ4n) is 1.81. The first-order chi connectivity index (χ1) is 9.97. The van der Waals surface area contributed by atoms with Gasteiger partial charge >= 0.3 is 0 Å². The van der Waals surface area contributed by atoms with E-state index < -0.39 is 11.2 Å². The number of rotatable bonds is 4. The van der Waals surface area contributed by atoms with E-state index in [-0.39, 0.29) is 11.4 Å². The number of carbonyl (C=O) groups is 1.